The minimum atomic E-state index is -3.67. The summed E-state index contributed by atoms with van der Waals surface area (Å²) < 4.78 is 29.0. The van der Waals surface area contributed by atoms with Crippen LogP contribution >= 0.6 is 0 Å². The number of pyridine rings is 1. The number of halogens is 3. The van der Waals surface area contributed by atoms with Crippen LogP contribution in [0.15, 0.2) is 24.5 Å². The second kappa shape index (κ2) is 7.19. The monoisotopic (exact) mass is 244 g/mol. The third kappa shape index (κ3) is 5.61. The summed E-state index contributed by atoms with van der Waals surface area (Å²) >= 11 is 0. The minimum Gasteiger partial charge on any atom is -0.371 e. The van der Waals surface area contributed by atoms with Gasteiger partial charge in [0.15, 0.2) is 0 Å². The molecule has 94 valence electrons. The molecule has 0 aliphatic carbocycles. The number of anilines is 1. The normalized spacial score (nSPS) is 16.1. The predicted octanol–water partition coefficient (Wildman–Crippen LogP) is 3.20. The van der Waals surface area contributed by atoms with E-state index in [0.717, 1.165) is 5.92 Å². The summed E-state index contributed by atoms with van der Waals surface area (Å²) in [5, 5.41) is 0. The molecule has 0 amide bonds. The lowest BCUT2D eigenvalue weighted by atomic mass is 9.99. The maximum absolute atomic E-state index is 9.67. The van der Waals surface area contributed by atoms with Crippen LogP contribution in [0.25, 0.3) is 0 Å². The van der Waals surface area contributed by atoms with Gasteiger partial charge in [-0.2, -0.15) is 0 Å². The Morgan fingerprint density at radius 1 is 1.18 bits per heavy atom. The topological polar surface area (TPSA) is 16.1 Å². The first-order valence-electron chi connectivity index (χ1n) is 5.66. The van der Waals surface area contributed by atoms with E-state index < -0.39 is 7.54 Å². The molecule has 2 nitrogen and oxygen atoms in total. The van der Waals surface area contributed by atoms with Crippen molar-refractivity contribution in [3.05, 3.63) is 24.5 Å². The fourth-order valence-corrected chi connectivity index (χ4v) is 1.82. The predicted molar refractivity (Wildman–Crippen MR) is 63.9 cm³/mol. The van der Waals surface area contributed by atoms with Gasteiger partial charge in [0.2, 0.25) is 0 Å². The Bertz CT molecular complexity index is 300. The van der Waals surface area contributed by atoms with E-state index in [0.29, 0.717) is 0 Å². The molecule has 0 spiro atoms. The Balaban J connectivity index is 0.000000317. The van der Waals surface area contributed by atoms with E-state index in [2.05, 4.69) is 28.9 Å². The summed E-state index contributed by atoms with van der Waals surface area (Å²) in [5.41, 5.74) is 1.32. The van der Waals surface area contributed by atoms with Gasteiger partial charge in [-0.1, -0.05) is 6.92 Å². The third-order valence-electron chi connectivity index (χ3n) is 2.81. The van der Waals surface area contributed by atoms with E-state index in [-0.39, 0.29) is 0 Å². The molecule has 0 radical (unpaired) electrons. The molecule has 1 aromatic heterocycles. The maximum Gasteiger partial charge on any atom is 0.762 e. The lowest BCUT2D eigenvalue weighted by Crippen LogP contribution is -2.32. The van der Waals surface area contributed by atoms with Crippen molar-refractivity contribution in [1.82, 2.24) is 4.98 Å². The summed E-state index contributed by atoms with van der Waals surface area (Å²) in [6.45, 7) is 4.74. The summed E-state index contributed by atoms with van der Waals surface area (Å²) in [7, 11) is -3.67. The summed E-state index contributed by atoms with van der Waals surface area (Å²) in [5.74, 6) is 0.901. The highest BCUT2D eigenvalue weighted by Crippen LogP contribution is 2.21. The Hall–Kier alpha value is -1.20. The molecule has 6 heteroatoms. The highest BCUT2D eigenvalue weighted by atomic mass is 19.4. The van der Waals surface area contributed by atoms with Crippen LogP contribution in [0.5, 0.6) is 0 Å². The van der Waals surface area contributed by atoms with E-state index in [4.69, 9.17) is 0 Å². The van der Waals surface area contributed by atoms with Crippen molar-refractivity contribution in [2.45, 2.75) is 19.8 Å². The molecule has 0 bridgehead atoms. The van der Waals surface area contributed by atoms with Crippen LogP contribution in [-0.4, -0.2) is 25.6 Å². The zero-order valence-electron chi connectivity index (χ0n) is 9.82. The lowest BCUT2D eigenvalue weighted by Gasteiger charge is -2.31. The zero-order chi connectivity index (χ0) is 12.7. The molecule has 0 N–H and O–H groups in total. The second-order valence-corrected chi connectivity index (χ2v) is 4.12. The standard InChI is InChI=1S/C11H16N2.BF3/c1-10-4-8-13(9-5-10)11-2-6-12-7-3-11;2-1(3)4/h2-3,6-7,10H,4-5,8-9H2,1H3;. The van der Waals surface area contributed by atoms with E-state index in [1.807, 2.05) is 12.4 Å². The lowest BCUT2D eigenvalue weighted by molar-refractivity contribution is 0.438. The van der Waals surface area contributed by atoms with Gasteiger partial charge in [-0.3, -0.25) is 17.9 Å². The van der Waals surface area contributed by atoms with Crippen molar-refractivity contribution in [3.8, 4) is 0 Å². The quantitative estimate of drug-likeness (QED) is 0.705. The molecule has 1 aliphatic rings. The highest BCUT2D eigenvalue weighted by Gasteiger charge is 2.15. The number of hydrogen-bond donors (Lipinski definition) is 0. The molecule has 0 unspecified atom stereocenters. The number of rotatable bonds is 1. The van der Waals surface area contributed by atoms with Gasteiger partial charge in [0.25, 0.3) is 0 Å². The summed E-state index contributed by atoms with van der Waals surface area (Å²) in [4.78, 5) is 6.47. The van der Waals surface area contributed by atoms with Crippen molar-refractivity contribution in [2.75, 3.05) is 18.0 Å². The molecule has 1 saturated heterocycles. The third-order valence-corrected chi connectivity index (χ3v) is 2.81. The van der Waals surface area contributed by atoms with Crippen LogP contribution in [0.1, 0.15) is 19.8 Å². The Morgan fingerprint density at radius 2 is 1.65 bits per heavy atom. The first-order valence-corrected chi connectivity index (χ1v) is 5.66. The van der Waals surface area contributed by atoms with Gasteiger partial charge < -0.3 is 4.90 Å². The second-order valence-electron chi connectivity index (χ2n) is 4.12. The molecule has 0 saturated carbocycles. The average molecular weight is 244 g/mol. The fourth-order valence-electron chi connectivity index (χ4n) is 1.82. The summed E-state index contributed by atoms with van der Waals surface area (Å²) in [6.07, 6.45) is 6.38. The molecule has 1 aromatic rings. The smallest absolute Gasteiger partial charge is 0.371 e. The van der Waals surface area contributed by atoms with Crippen LogP contribution in [0.4, 0.5) is 18.6 Å². The average Bonchev–Trinajstić information content (AvgIpc) is 2.30. The SMILES string of the molecule is CC1CCN(c2ccncc2)CC1.FB(F)F. The van der Waals surface area contributed by atoms with Crippen molar-refractivity contribution in [2.24, 2.45) is 5.92 Å². The first kappa shape index (κ1) is 13.9. The Kier molecular flexibility index (Phi) is 5.87. The molecule has 1 aliphatic heterocycles. The molecular formula is C11H16BF3N2. The van der Waals surface area contributed by atoms with Gasteiger partial charge in [-0.15, -0.1) is 0 Å². The van der Waals surface area contributed by atoms with Gasteiger partial charge in [0, 0.05) is 31.2 Å². The molecule has 0 aromatic carbocycles. The molecular weight excluding hydrogens is 228 g/mol. The van der Waals surface area contributed by atoms with Crippen molar-refractivity contribution >= 4 is 13.2 Å². The Labute approximate surface area is 100 Å². The van der Waals surface area contributed by atoms with E-state index in [1.165, 1.54) is 31.6 Å². The van der Waals surface area contributed by atoms with Gasteiger partial charge >= 0.3 is 7.54 Å². The van der Waals surface area contributed by atoms with Gasteiger partial charge in [-0.05, 0) is 30.9 Å². The van der Waals surface area contributed by atoms with E-state index in [1.54, 1.807) is 0 Å². The molecule has 2 heterocycles. The van der Waals surface area contributed by atoms with Crippen molar-refractivity contribution in [3.63, 3.8) is 0 Å². The highest BCUT2D eigenvalue weighted by molar-refractivity contribution is 6.33. The van der Waals surface area contributed by atoms with E-state index in [9.17, 15) is 12.9 Å². The van der Waals surface area contributed by atoms with Crippen LogP contribution < -0.4 is 4.90 Å². The van der Waals surface area contributed by atoms with Crippen LogP contribution in [0, 0.1) is 5.92 Å². The van der Waals surface area contributed by atoms with Crippen LogP contribution in [-0.2, 0) is 0 Å². The minimum absolute atomic E-state index is 0.901. The van der Waals surface area contributed by atoms with Gasteiger partial charge in [-0.25, -0.2) is 0 Å². The van der Waals surface area contributed by atoms with Crippen molar-refractivity contribution in [1.29, 1.82) is 0 Å². The number of hydrogen-bond acceptors (Lipinski definition) is 2. The maximum atomic E-state index is 9.67. The fraction of sp³-hybridized carbons (Fsp3) is 0.545. The van der Waals surface area contributed by atoms with Gasteiger partial charge in [0.05, 0.1) is 0 Å². The van der Waals surface area contributed by atoms with Crippen LogP contribution in [0.2, 0.25) is 0 Å². The largest absolute Gasteiger partial charge is 0.762 e. The Morgan fingerprint density at radius 3 is 2.12 bits per heavy atom. The first-order chi connectivity index (χ1) is 8.09. The molecule has 17 heavy (non-hydrogen) atoms. The van der Waals surface area contributed by atoms with Crippen LogP contribution in [0.3, 0.4) is 0 Å². The number of nitrogens with zero attached hydrogens (tertiary/aromatic N) is 2. The van der Waals surface area contributed by atoms with Crippen molar-refractivity contribution < 1.29 is 12.9 Å². The number of aromatic nitrogens is 1. The van der Waals surface area contributed by atoms with Gasteiger partial charge in [0.1, 0.15) is 0 Å². The van der Waals surface area contributed by atoms with E-state index >= 15 is 0 Å². The number of piperidine rings is 1. The molecule has 0 atom stereocenters. The molecule has 1 fully saturated rings. The summed E-state index contributed by atoms with van der Waals surface area (Å²) in [6, 6.07) is 4.19. The zero-order valence-corrected chi connectivity index (χ0v) is 9.82. The molecule has 2 rings (SSSR count).